The summed E-state index contributed by atoms with van der Waals surface area (Å²) in [6, 6.07) is 24.8. The number of anilines is 2. The molecular formula is C43H48N6O5S2. The number of carbonyl (C=O) groups excluding carboxylic acids is 1. The molecule has 56 heavy (non-hydrogen) atoms. The maximum absolute atomic E-state index is 12.7. The number of carbonyl (C=O) groups is 1. The van der Waals surface area contributed by atoms with E-state index in [4.69, 9.17) is 28.9 Å². The van der Waals surface area contributed by atoms with E-state index in [0.717, 1.165) is 78.0 Å². The van der Waals surface area contributed by atoms with Crippen LogP contribution in [0.25, 0.3) is 11.3 Å². The van der Waals surface area contributed by atoms with Gasteiger partial charge in [-0.15, -0.1) is 0 Å². The molecule has 1 atom stereocenters. The molecule has 292 valence electrons. The Labute approximate surface area is 337 Å². The van der Waals surface area contributed by atoms with E-state index in [1.165, 1.54) is 0 Å². The Kier molecular flexibility index (Phi) is 12.2. The minimum absolute atomic E-state index is 0.183. The second-order valence-electron chi connectivity index (χ2n) is 14.8. The fourth-order valence-electron chi connectivity index (χ4n) is 6.31. The molecule has 2 aliphatic rings. The summed E-state index contributed by atoms with van der Waals surface area (Å²) in [6.07, 6.45) is 3.84. The molecule has 1 amide bonds. The molecule has 2 aromatic heterocycles. The minimum Gasteiger partial charge on any atom is -0.497 e. The van der Waals surface area contributed by atoms with Crippen LogP contribution in [0.3, 0.4) is 0 Å². The molecule has 7 rings (SSSR count). The van der Waals surface area contributed by atoms with Gasteiger partial charge in [-0.05, 0) is 82.1 Å². The van der Waals surface area contributed by atoms with Crippen molar-refractivity contribution in [1.29, 1.82) is 0 Å². The third-order valence-corrected chi connectivity index (χ3v) is 11.9. The molecule has 3 aromatic carbocycles. The lowest BCUT2D eigenvalue weighted by Crippen LogP contribution is -2.36. The molecular weight excluding hydrogens is 745 g/mol. The Bertz CT molecular complexity index is 2140. The first-order valence-electron chi connectivity index (χ1n) is 18.7. The molecule has 0 bridgehead atoms. The van der Waals surface area contributed by atoms with Gasteiger partial charge in [-0.25, -0.2) is 9.78 Å². The number of hydrogen-bond donors (Lipinski definition) is 1. The second kappa shape index (κ2) is 17.4. The fourth-order valence-corrected chi connectivity index (χ4v) is 8.72. The molecule has 5 aromatic rings. The maximum atomic E-state index is 12.7. The molecule has 0 aliphatic carbocycles. The third-order valence-electron chi connectivity index (χ3n) is 9.30. The number of hydrogen-bond acceptors (Lipinski definition) is 12. The van der Waals surface area contributed by atoms with Gasteiger partial charge in [0.15, 0.2) is 0 Å². The molecule has 1 saturated heterocycles. The van der Waals surface area contributed by atoms with E-state index in [0.29, 0.717) is 38.7 Å². The highest BCUT2D eigenvalue weighted by atomic mass is 32.2. The average molecular weight is 793 g/mol. The zero-order valence-electron chi connectivity index (χ0n) is 32.7. The standard InChI is InChI=1S/C43H48N6O5S2/c1-28-25-45-36(26-44-28)34(16-17-48(5)42(50)54-43(2,3)4)46-30-12-15-37-39(22-30)55-38-9-7-8-33(41(38)56-37)35-23-31(49-18-20-52-21-19-49)24-40(47-35)53-27-29-10-13-32(51-6)14-11-29/h7-15,22-26,34,46H,16-21,27H2,1-6H3. The Balaban J connectivity index is 1.12. The number of aryl methyl sites for hydroxylation is 1. The summed E-state index contributed by atoms with van der Waals surface area (Å²) < 4.78 is 22.9. The Morgan fingerprint density at radius 1 is 0.964 bits per heavy atom. The van der Waals surface area contributed by atoms with Crippen molar-refractivity contribution >= 4 is 41.0 Å². The van der Waals surface area contributed by atoms with Crippen LogP contribution in [0.1, 0.15) is 50.2 Å². The lowest BCUT2D eigenvalue weighted by molar-refractivity contribution is 0.0295. The zero-order chi connectivity index (χ0) is 39.2. The van der Waals surface area contributed by atoms with Gasteiger partial charge in [0.25, 0.3) is 0 Å². The van der Waals surface area contributed by atoms with Crippen molar-refractivity contribution in [2.75, 3.05) is 57.2 Å². The van der Waals surface area contributed by atoms with Gasteiger partial charge >= 0.3 is 6.09 Å². The summed E-state index contributed by atoms with van der Waals surface area (Å²) in [5.74, 6) is 1.38. The van der Waals surface area contributed by atoms with Crippen molar-refractivity contribution in [2.45, 2.75) is 71.9 Å². The van der Waals surface area contributed by atoms with Gasteiger partial charge in [-0.2, -0.15) is 0 Å². The number of methoxy groups -OCH3 is 1. The number of ether oxygens (including phenoxy) is 4. The highest BCUT2D eigenvalue weighted by Gasteiger charge is 2.25. The number of rotatable bonds is 12. The maximum Gasteiger partial charge on any atom is 0.410 e. The molecule has 4 heterocycles. The van der Waals surface area contributed by atoms with Gasteiger partial charge in [-0.3, -0.25) is 9.97 Å². The number of amides is 1. The molecule has 0 spiro atoms. The summed E-state index contributed by atoms with van der Waals surface area (Å²) in [5.41, 5.74) is 6.07. The fraction of sp³-hybridized carbons (Fsp3) is 0.349. The van der Waals surface area contributed by atoms with Crippen LogP contribution in [0.15, 0.2) is 105 Å². The Morgan fingerprint density at radius 2 is 1.77 bits per heavy atom. The largest absolute Gasteiger partial charge is 0.497 e. The van der Waals surface area contributed by atoms with Gasteiger partial charge < -0.3 is 34.1 Å². The van der Waals surface area contributed by atoms with Gasteiger partial charge in [0.2, 0.25) is 5.88 Å². The van der Waals surface area contributed by atoms with E-state index in [-0.39, 0.29) is 12.1 Å². The smallest absolute Gasteiger partial charge is 0.410 e. The van der Waals surface area contributed by atoms with Crippen LogP contribution >= 0.6 is 23.5 Å². The SMILES string of the molecule is COc1ccc(COc2cc(N3CCOCC3)cc(-c3cccc4c3Sc3ccc(NC(CCN(C)C(=O)OC(C)(C)C)c5cnc(C)cn5)cc3S4)n2)cc1. The average Bonchev–Trinajstić information content (AvgIpc) is 3.20. The van der Waals surface area contributed by atoms with Crippen molar-refractivity contribution < 1.29 is 23.7 Å². The van der Waals surface area contributed by atoms with E-state index in [9.17, 15) is 4.79 Å². The number of nitrogens with one attached hydrogen (secondary N) is 1. The molecule has 11 nitrogen and oxygen atoms in total. The lowest BCUT2D eigenvalue weighted by atomic mass is 10.1. The summed E-state index contributed by atoms with van der Waals surface area (Å²) in [5, 5.41) is 3.69. The number of aromatic nitrogens is 3. The van der Waals surface area contributed by atoms with Crippen LogP contribution in [0, 0.1) is 6.92 Å². The van der Waals surface area contributed by atoms with Crippen molar-refractivity contribution in [2.24, 2.45) is 0 Å². The van der Waals surface area contributed by atoms with E-state index < -0.39 is 5.60 Å². The van der Waals surface area contributed by atoms with Crippen LogP contribution in [0.2, 0.25) is 0 Å². The monoisotopic (exact) mass is 792 g/mol. The van der Waals surface area contributed by atoms with Crippen molar-refractivity contribution in [3.8, 4) is 22.9 Å². The van der Waals surface area contributed by atoms with Crippen LogP contribution in [0.4, 0.5) is 16.2 Å². The summed E-state index contributed by atoms with van der Waals surface area (Å²) in [4.78, 5) is 35.6. The minimum atomic E-state index is -0.567. The predicted octanol–water partition coefficient (Wildman–Crippen LogP) is 9.30. The molecule has 13 heteroatoms. The van der Waals surface area contributed by atoms with Crippen LogP contribution in [-0.2, 0) is 16.1 Å². The Morgan fingerprint density at radius 3 is 2.50 bits per heavy atom. The Hall–Kier alpha value is -4.98. The first kappa shape index (κ1) is 39.3. The highest BCUT2D eigenvalue weighted by Crippen LogP contribution is 2.52. The summed E-state index contributed by atoms with van der Waals surface area (Å²) >= 11 is 3.51. The topological polar surface area (TPSA) is 111 Å². The zero-order valence-corrected chi connectivity index (χ0v) is 34.3. The molecule has 1 fully saturated rings. The van der Waals surface area contributed by atoms with Gasteiger partial charge in [0, 0.05) is 75.5 Å². The molecule has 1 N–H and O–H groups in total. The van der Waals surface area contributed by atoms with Gasteiger partial charge in [0.1, 0.15) is 18.0 Å². The number of nitrogens with zero attached hydrogens (tertiary/aromatic N) is 5. The molecule has 0 saturated carbocycles. The summed E-state index contributed by atoms with van der Waals surface area (Å²) in [6.45, 7) is 11.4. The van der Waals surface area contributed by atoms with Gasteiger partial charge in [0.05, 0.1) is 49.6 Å². The summed E-state index contributed by atoms with van der Waals surface area (Å²) in [7, 11) is 3.42. The van der Waals surface area contributed by atoms with E-state index in [1.807, 2.05) is 58.0 Å². The molecule has 1 unspecified atom stereocenters. The highest BCUT2D eigenvalue weighted by molar-refractivity contribution is 8.05. The first-order chi connectivity index (χ1) is 27.0. The number of morpholine rings is 1. The predicted molar refractivity (Wildman–Crippen MR) is 221 cm³/mol. The van der Waals surface area contributed by atoms with Crippen LogP contribution in [-0.4, -0.2) is 78.6 Å². The molecule has 0 radical (unpaired) electrons. The van der Waals surface area contributed by atoms with Crippen molar-refractivity contribution in [1.82, 2.24) is 19.9 Å². The lowest BCUT2D eigenvalue weighted by Gasteiger charge is -2.29. The first-order valence-corrected chi connectivity index (χ1v) is 20.4. The number of benzene rings is 3. The normalized spacial score (nSPS) is 14.3. The van der Waals surface area contributed by atoms with Crippen molar-refractivity contribution in [3.05, 3.63) is 102 Å². The van der Waals surface area contributed by atoms with Crippen LogP contribution in [0.5, 0.6) is 11.6 Å². The van der Waals surface area contributed by atoms with Gasteiger partial charge in [-0.1, -0.05) is 47.8 Å². The van der Waals surface area contributed by atoms with E-state index in [1.54, 1.807) is 55.0 Å². The van der Waals surface area contributed by atoms with E-state index in [2.05, 4.69) is 57.7 Å². The van der Waals surface area contributed by atoms with Crippen molar-refractivity contribution in [3.63, 3.8) is 0 Å². The third kappa shape index (κ3) is 9.87. The quantitative estimate of drug-likeness (QED) is 0.128. The van der Waals surface area contributed by atoms with E-state index >= 15 is 0 Å². The second-order valence-corrected chi connectivity index (χ2v) is 16.9. The molecule has 2 aliphatic heterocycles. The number of pyridine rings is 1. The number of fused-ring (bicyclic) bond motifs is 2. The van der Waals surface area contributed by atoms with Crippen LogP contribution < -0.4 is 19.7 Å².